The highest BCUT2D eigenvalue weighted by Gasteiger charge is 2.61. The smallest absolute Gasteiger partial charge is 0.296 e. The van der Waals surface area contributed by atoms with E-state index in [0.29, 0.717) is 23.3 Å². The fourth-order valence-electron chi connectivity index (χ4n) is 4.69. The minimum atomic E-state index is -3.51. The van der Waals surface area contributed by atoms with Crippen LogP contribution in [0.5, 0.6) is 0 Å². The number of alkyl halides is 2. The molecule has 2 fully saturated rings. The fourth-order valence-corrected chi connectivity index (χ4v) is 5.97. The van der Waals surface area contributed by atoms with E-state index in [0.717, 1.165) is 42.4 Å². The number of nitrogens with zero attached hydrogens (tertiary/aromatic N) is 2. The quantitative estimate of drug-likeness (QED) is 0.829. The lowest BCUT2D eigenvalue weighted by molar-refractivity contribution is -0.130. The predicted octanol–water partition coefficient (Wildman–Crippen LogP) is 3.53. The molecule has 0 radical (unpaired) electrons. The maximum Gasteiger partial charge on any atom is 0.296 e. The van der Waals surface area contributed by atoms with Crippen molar-refractivity contribution in [1.29, 1.82) is 0 Å². The van der Waals surface area contributed by atoms with Crippen molar-refractivity contribution in [3.63, 3.8) is 0 Å². The lowest BCUT2D eigenvalue weighted by Crippen LogP contribution is -2.45. The minimum Gasteiger partial charge on any atom is -0.364 e. The summed E-state index contributed by atoms with van der Waals surface area (Å²) < 4.78 is 28.5. The van der Waals surface area contributed by atoms with Crippen molar-refractivity contribution in [3.05, 3.63) is 29.6 Å². The molecule has 0 spiro atoms. The number of pyridine rings is 1. The van der Waals surface area contributed by atoms with Gasteiger partial charge in [-0.2, -0.15) is 8.78 Å². The van der Waals surface area contributed by atoms with E-state index in [1.807, 2.05) is 0 Å². The van der Waals surface area contributed by atoms with Gasteiger partial charge in [-0.25, -0.2) is 4.99 Å². The van der Waals surface area contributed by atoms with Crippen LogP contribution in [0.25, 0.3) is 0 Å². The number of aromatic nitrogens is 1. The van der Waals surface area contributed by atoms with Crippen molar-refractivity contribution in [1.82, 2.24) is 4.98 Å². The summed E-state index contributed by atoms with van der Waals surface area (Å²) in [4.78, 5) is 31.4. The summed E-state index contributed by atoms with van der Waals surface area (Å²) in [5, 5.41) is 0.504. The molecule has 144 valence electrons. The normalized spacial score (nSPS) is 32.8. The summed E-state index contributed by atoms with van der Waals surface area (Å²) in [5.41, 5.74) is 4.43. The molecule has 1 aromatic rings. The topological polar surface area (TPSA) is 85.4 Å². The lowest BCUT2D eigenvalue weighted by atomic mass is 9.87. The predicted molar refractivity (Wildman–Crippen MR) is 98.6 cm³/mol. The van der Waals surface area contributed by atoms with E-state index < -0.39 is 28.0 Å². The third kappa shape index (κ3) is 2.98. The van der Waals surface area contributed by atoms with Crippen LogP contribution in [0.3, 0.4) is 0 Å². The van der Waals surface area contributed by atoms with Crippen molar-refractivity contribution in [2.45, 2.75) is 49.7 Å². The molecule has 2 N–H and O–H groups in total. The van der Waals surface area contributed by atoms with Gasteiger partial charge in [0.15, 0.2) is 4.75 Å². The summed E-state index contributed by atoms with van der Waals surface area (Å²) in [6.07, 6.45) is 6.50. The Morgan fingerprint density at radius 1 is 1.41 bits per heavy atom. The third-order valence-corrected chi connectivity index (χ3v) is 7.58. The summed E-state index contributed by atoms with van der Waals surface area (Å²) in [7, 11) is 0. The van der Waals surface area contributed by atoms with E-state index in [1.165, 1.54) is 26.2 Å². The SMILES string of the molecule is CC1(C(F)(F)c2ccnc(C(N)=O)c2)SC(CC2CC3CCC2C3)=NC1=O. The van der Waals surface area contributed by atoms with Crippen LogP contribution < -0.4 is 5.73 Å². The average Bonchev–Trinajstić information content (AvgIpc) is 3.31. The van der Waals surface area contributed by atoms with Gasteiger partial charge < -0.3 is 5.73 Å². The molecule has 4 rings (SSSR count). The highest BCUT2D eigenvalue weighted by molar-refractivity contribution is 8.16. The van der Waals surface area contributed by atoms with Crippen LogP contribution >= 0.6 is 11.8 Å². The Labute approximate surface area is 160 Å². The zero-order valence-electron chi connectivity index (χ0n) is 15.0. The molecule has 3 aliphatic rings. The fraction of sp³-hybridized carbons (Fsp3) is 0.579. The van der Waals surface area contributed by atoms with Crippen molar-refractivity contribution in [2.24, 2.45) is 28.5 Å². The number of thioether (sulfide) groups is 1. The van der Waals surface area contributed by atoms with Crippen LogP contribution in [0.15, 0.2) is 23.3 Å². The van der Waals surface area contributed by atoms with Gasteiger partial charge in [-0.1, -0.05) is 18.2 Å². The standard InChI is InChI=1S/C19H21F2N3O2S/c1-18(19(20,21)13-4-5-23-14(9-13)16(22)25)17(26)24-15(27-18)8-12-7-10-2-3-11(12)6-10/h4-5,9-12H,2-3,6-8H2,1H3,(H2,22,25). The number of fused-ring (bicyclic) bond motifs is 2. The number of rotatable bonds is 5. The third-order valence-electron chi connectivity index (χ3n) is 6.25. The first-order valence-corrected chi connectivity index (χ1v) is 9.97. The molecule has 2 amide bonds. The molecule has 2 heterocycles. The Balaban J connectivity index is 1.55. The van der Waals surface area contributed by atoms with Crippen LogP contribution in [0.1, 0.15) is 55.1 Å². The molecule has 2 bridgehead atoms. The second-order valence-electron chi connectivity index (χ2n) is 7.95. The molecular formula is C19H21F2N3O2S. The maximum atomic E-state index is 15.3. The van der Waals surface area contributed by atoms with Gasteiger partial charge in [0.05, 0.1) is 5.04 Å². The number of hydrogen-bond donors (Lipinski definition) is 1. The van der Waals surface area contributed by atoms with Gasteiger partial charge in [-0.05, 0) is 62.5 Å². The van der Waals surface area contributed by atoms with Gasteiger partial charge in [-0.3, -0.25) is 14.6 Å². The number of nitrogens with two attached hydrogens (primary N) is 1. The number of halogens is 2. The number of carbonyl (C=O) groups excluding carboxylic acids is 2. The van der Waals surface area contributed by atoms with Gasteiger partial charge in [0.1, 0.15) is 5.69 Å². The number of amides is 2. The Hall–Kier alpha value is -1.83. The molecular weight excluding hydrogens is 372 g/mol. The Morgan fingerprint density at radius 2 is 2.19 bits per heavy atom. The Kier molecular flexibility index (Phi) is 4.36. The van der Waals surface area contributed by atoms with Crippen LogP contribution in [-0.2, 0) is 10.7 Å². The molecule has 2 aliphatic carbocycles. The molecule has 0 saturated heterocycles. The molecule has 4 unspecified atom stereocenters. The van der Waals surface area contributed by atoms with Gasteiger partial charge in [0.2, 0.25) is 0 Å². The maximum absolute atomic E-state index is 15.3. The zero-order chi connectivity index (χ0) is 19.4. The van der Waals surface area contributed by atoms with E-state index in [9.17, 15) is 9.59 Å². The van der Waals surface area contributed by atoms with E-state index in [4.69, 9.17) is 5.73 Å². The van der Waals surface area contributed by atoms with Gasteiger partial charge in [0, 0.05) is 11.8 Å². The van der Waals surface area contributed by atoms with E-state index >= 15 is 8.78 Å². The zero-order valence-corrected chi connectivity index (χ0v) is 15.8. The highest BCUT2D eigenvalue weighted by atomic mass is 32.2. The van der Waals surface area contributed by atoms with Crippen LogP contribution in [-0.4, -0.2) is 26.6 Å². The Bertz CT molecular complexity index is 844. The number of primary amides is 1. The van der Waals surface area contributed by atoms with Gasteiger partial charge in [-0.15, -0.1) is 0 Å². The lowest BCUT2D eigenvalue weighted by Gasteiger charge is -2.31. The average molecular weight is 393 g/mol. The summed E-state index contributed by atoms with van der Waals surface area (Å²) >= 11 is 0.865. The second-order valence-corrected chi connectivity index (χ2v) is 9.45. The molecule has 5 nitrogen and oxygen atoms in total. The van der Waals surface area contributed by atoms with E-state index in [2.05, 4.69) is 9.98 Å². The van der Waals surface area contributed by atoms with Crippen LogP contribution in [0.2, 0.25) is 0 Å². The largest absolute Gasteiger partial charge is 0.364 e. The van der Waals surface area contributed by atoms with Crippen molar-refractivity contribution < 1.29 is 18.4 Å². The highest BCUT2D eigenvalue weighted by Crippen LogP contribution is 2.54. The van der Waals surface area contributed by atoms with Crippen LogP contribution in [0.4, 0.5) is 8.78 Å². The molecule has 2 saturated carbocycles. The molecule has 8 heteroatoms. The summed E-state index contributed by atoms with van der Waals surface area (Å²) in [6.45, 7) is 1.22. The minimum absolute atomic E-state index is 0.255. The summed E-state index contributed by atoms with van der Waals surface area (Å²) in [6, 6.07) is 2.06. The van der Waals surface area contributed by atoms with Crippen molar-refractivity contribution in [2.75, 3.05) is 0 Å². The number of hydrogen-bond acceptors (Lipinski definition) is 4. The first-order valence-electron chi connectivity index (χ1n) is 9.16. The van der Waals surface area contributed by atoms with Gasteiger partial charge in [0.25, 0.3) is 17.7 Å². The molecule has 1 aromatic heterocycles. The molecule has 0 aromatic carbocycles. The molecule has 27 heavy (non-hydrogen) atoms. The van der Waals surface area contributed by atoms with E-state index in [-0.39, 0.29) is 5.69 Å². The first-order chi connectivity index (χ1) is 12.7. The van der Waals surface area contributed by atoms with Crippen molar-refractivity contribution in [3.8, 4) is 0 Å². The van der Waals surface area contributed by atoms with E-state index in [1.54, 1.807) is 0 Å². The molecule has 4 atom stereocenters. The first kappa shape index (κ1) is 18.5. The van der Waals surface area contributed by atoms with Crippen LogP contribution in [0, 0.1) is 17.8 Å². The Morgan fingerprint density at radius 3 is 2.81 bits per heavy atom. The molecule has 1 aliphatic heterocycles. The second kappa shape index (κ2) is 6.36. The van der Waals surface area contributed by atoms with Gasteiger partial charge >= 0.3 is 0 Å². The number of aliphatic imine (C=N–C) groups is 1. The number of carbonyl (C=O) groups is 2. The van der Waals surface area contributed by atoms with Crippen molar-refractivity contribution >= 4 is 28.6 Å². The monoisotopic (exact) mass is 393 g/mol. The summed E-state index contributed by atoms with van der Waals surface area (Å²) in [5.74, 6) is -3.40.